The van der Waals surface area contributed by atoms with Crippen LogP contribution in [0.1, 0.15) is 113 Å². The molecule has 0 N–H and O–H groups in total. The molecule has 7 aromatic rings. The number of anilines is 6. The lowest BCUT2D eigenvalue weighted by molar-refractivity contribution is 0.626. The first-order chi connectivity index (χ1) is 40.4. The van der Waals surface area contributed by atoms with Crippen molar-refractivity contribution in [3.63, 3.8) is 0 Å². The lowest BCUT2D eigenvalue weighted by atomic mass is 9.67. The second-order valence-corrected chi connectivity index (χ2v) is 22.9. The molecule has 0 spiro atoms. The Bertz CT molecular complexity index is 4080. The third kappa shape index (κ3) is 10.5. The Morgan fingerprint density at radius 2 is 0.855 bits per heavy atom. The second-order valence-electron chi connectivity index (χ2n) is 22.9. The highest BCUT2D eigenvalue weighted by Gasteiger charge is 2.43. The van der Waals surface area contributed by atoms with E-state index in [1.54, 1.807) is 0 Å². The molecule has 12 rings (SSSR count). The van der Waals surface area contributed by atoms with Gasteiger partial charge in [0, 0.05) is 44.8 Å². The molecule has 0 bridgehead atoms. The zero-order valence-electron chi connectivity index (χ0n) is 48.6. The number of amidine groups is 2. The molecule has 2 heterocycles. The molecule has 0 aromatic heterocycles. The van der Waals surface area contributed by atoms with Gasteiger partial charge in [-0.05, 0) is 150 Å². The van der Waals surface area contributed by atoms with Gasteiger partial charge in [0.1, 0.15) is 0 Å². The third-order valence-electron chi connectivity index (χ3n) is 16.8. The predicted molar refractivity (Wildman–Crippen MR) is 354 cm³/mol. The van der Waals surface area contributed by atoms with Crippen molar-refractivity contribution in [2.24, 2.45) is 20.0 Å². The van der Waals surface area contributed by atoms with Crippen LogP contribution in [0.5, 0.6) is 0 Å². The molecule has 0 saturated heterocycles. The third-order valence-corrected chi connectivity index (χ3v) is 16.8. The highest BCUT2D eigenvalue weighted by Crippen LogP contribution is 2.59. The highest BCUT2D eigenvalue weighted by molar-refractivity contribution is 6.15. The van der Waals surface area contributed by atoms with Gasteiger partial charge < -0.3 is 9.80 Å². The fourth-order valence-corrected chi connectivity index (χ4v) is 12.5. The van der Waals surface area contributed by atoms with Gasteiger partial charge in [0.2, 0.25) is 0 Å². The predicted octanol–water partition coefficient (Wildman–Crippen LogP) is 20.3. The maximum Gasteiger partial charge on any atom is 0.159 e. The summed E-state index contributed by atoms with van der Waals surface area (Å²) in [5, 5.41) is 0. The molecule has 6 heteroatoms. The largest absolute Gasteiger partial charge is 0.310 e. The first-order valence-corrected chi connectivity index (χ1v) is 29.1. The van der Waals surface area contributed by atoms with E-state index in [0.717, 1.165) is 111 Å². The molecule has 5 aliphatic rings. The molecule has 0 amide bonds. The number of nitrogens with zero attached hydrogens (tertiary/aromatic N) is 6. The summed E-state index contributed by atoms with van der Waals surface area (Å²) in [4.78, 5) is 25.4. The summed E-state index contributed by atoms with van der Waals surface area (Å²) < 4.78 is 0. The fourth-order valence-electron chi connectivity index (χ4n) is 12.5. The van der Waals surface area contributed by atoms with Gasteiger partial charge in [-0.15, -0.1) is 0 Å². The average molecular weight is 1080 g/mol. The van der Waals surface area contributed by atoms with Crippen molar-refractivity contribution in [2.45, 2.75) is 84.5 Å². The summed E-state index contributed by atoms with van der Waals surface area (Å²) in [6, 6.07) is 59.3. The van der Waals surface area contributed by atoms with Gasteiger partial charge in [-0.2, -0.15) is 0 Å². The van der Waals surface area contributed by atoms with Crippen LogP contribution in [-0.2, 0) is 10.8 Å². The molecule has 3 aliphatic carbocycles. The van der Waals surface area contributed by atoms with Gasteiger partial charge in [-0.25, -0.2) is 20.0 Å². The van der Waals surface area contributed by atoms with Crippen LogP contribution in [0.15, 0.2) is 280 Å². The molecule has 7 aromatic carbocycles. The second kappa shape index (κ2) is 22.8. The highest BCUT2D eigenvalue weighted by atomic mass is 15.2. The van der Waals surface area contributed by atoms with Gasteiger partial charge in [-0.3, -0.25) is 0 Å². The van der Waals surface area contributed by atoms with Crippen LogP contribution in [0, 0.1) is 0 Å². The average Bonchev–Trinajstić information content (AvgIpc) is 2.61. The van der Waals surface area contributed by atoms with Crippen molar-refractivity contribution in [3.8, 4) is 11.1 Å². The van der Waals surface area contributed by atoms with Crippen molar-refractivity contribution in [1.29, 1.82) is 0 Å². The number of para-hydroxylation sites is 2. The zero-order chi connectivity index (χ0) is 57.2. The Labute approximate surface area is 490 Å². The van der Waals surface area contributed by atoms with Crippen molar-refractivity contribution in [2.75, 3.05) is 9.80 Å². The number of fused-ring (bicyclic) bond motifs is 4. The monoisotopic (exact) mass is 1080 g/mol. The van der Waals surface area contributed by atoms with Crippen molar-refractivity contribution >= 4 is 68.6 Å². The minimum atomic E-state index is -0.368. The normalized spacial score (nSPS) is 17.1. The van der Waals surface area contributed by atoms with E-state index >= 15 is 0 Å². The van der Waals surface area contributed by atoms with Crippen LogP contribution >= 0.6 is 0 Å². The van der Waals surface area contributed by atoms with Crippen LogP contribution < -0.4 is 9.80 Å². The van der Waals surface area contributed by atoms with E-state index in [9.17, 15) is 0 Å². The first kappa shape index (κ1) is 54.1. The minimum absolute atomic E-state index is 0.368. The van der Waals surface area contributed by atoms with E-state index in [4.69, 9.17) is 20.0 Å². The number of allylic oxidation sites excluding steroid dienone is 10. The summed E-state index contributed by atoms with van der Waals surface area (Å²) >= 11 is 0. The molecule has 0 unspecified atom stereocenters. The number of benzene rings is 7. The van der Waals surface area contributed by atoms with E-state index in [1.807, 2.05) is 25.1 Å². The van der Waals surface area contributed by atoms with Gasteiger partial charge in [-0.1, -0.05) is 223 Å². The van der Waals surface area contributed by atoms with Crippen molar-refractivity contribution < 1.29 is 0 Å². The Hall–Kier alpha value is -9.52. The summed E-state index contributed by atoms with van der Waals surface area (Å²) in [5.41, 5.74) is 22.7. The summed E-state index contributed by atoms with van der Waals surface area (Å²) in [7, 11) is 0. The minimum Gasteiger partial charge on any atom is -0.310 e. The summed E-state index contributed by atoms with van der Waals surface area (Å²) in [6.07, 6.45) is 28.6. The SMILES string of the molecule is C=C(N=C(N=C(C)C1=CC=CCC=C1)C1=CCCC=C1)c1ccc(N2c3ccccc3C(C)(C)c3c(-c4cccc5c4C(C)(C)c4ccccc4N5c4ccc(C(=C)N=C(N=C(C)c5ccccc5)C5=CCCC=C5)cc4)cccc32)cc1. The van der Waals surface area contributed by atoms with Crippen LogP contribution in [0.4, 0.5) is 34.1 Å². The van der Waals surface area contributed by atoms with E-state index in [0.29, 0.717) is 23.1 Å². The van der Waals surface area contributed by atoms with Gasteiger partial charge >= 0.3 is 0 Å². The molecule has 0 fully saturated rings. The van der Waals surface area contributed by atoms with Crippen LogP contribution in [-0.4, -0.2) is 23.1 Å². The molecule has 0 radical (unpaired) electrons. The molecule has 408 valence electrons. The molecule has 0 atom stereocenters. The quantitative estimate of drug-likeness (QED) is 0.0957. The summed E-state index contributed by atoms with van der Waals surface area (Å²) in [5.74, 6) is 1.34. The lowest BCUT2D eigenvalue weighted by Crippen LogP contribution is -2.33. The Kier molecular flexibility index (Phi) is 14.8. The summed E-state index contributed by atoms with van der Waals surface area (Å²) in [6.45, 7) is 22.7. The van der Waals surface area contributed by atoms with E-state index in [2.05, 4.69) is 270 Å². The van der Waals surface area contributed by atoms with E-state index < -0.39 is 0 Å². The smallest absolute Gasteiger partial charge is 0.159 e. The molecule has 2 aliphatic heterocycles. The maximum absolute atomic E-state index is 5.16. The van der Waals surface area contributed by atoms with Crippen LogP contribution in [0.3, 0.4) is 0 Å². The molecule has 0 saturated carbocycles. The number of aliphatic imine (C=N–C) groups is 4. The Balaban J connectivity index is 0.919. The fraction of sp³-hybridized carbons (Fsp3) is 0.169. The molecule has 6 nitrogen and oxygen atoms in total. The van der Waals surface area contributed by atoms with Gasteiger partial charge in [0.15, 0.2) is 11.7 Å². The maximum atomic E-state index is 5.16. The Morgan fingerprint density at radius 3 is 1.34 bits per heavy atom. The molecular weight excluding hydrogens is 1010 g/mol. The standard InChI is InChI=1S/C77H70N6/c1-52(56-28-14-9-10-15-29-56)78-74(60-32-18-12-19-33-60)80-54(3)58-44-48-62(49-45-58)82-68-40-24-22-38-66(68)76(5,6)72-64(36-26-42-70(72)82)65-37-27-43-71-73(65)77(7,8)67-39-23-25-41-69(67)83(71)63-50-46-59(47-51-63)55(4)81-75(61-34-20-13-21-35-61)79-53(2)57-30-16-11-17-31-57/h9,11,14-18,20,22-51H,3-4,10,12-13,19,21H2,1-2,5-8H3. The van der Waals surface area contributed by atoms with Crippen LogP contribution in [0.2, 0.25) is 0 Å². The van der Waals surface area contributed by atoms with Crippen molar-refractivity contribution in [1.82, 2.24) is 0 Å². The number of hydrogen-bond acceptors (Lipinski definition) is 4. The van der Waals surface area contributed by atoms with Gasteiger partial charge in [0.25, 0.3) is 0 Å². The van der Waals surface area contributed by atoms with Crippen molar-refractivity contribution in [3.05, 3.63) is 299 Å². The van der Waals surface area contributed by atoms with Gasteiger partial charge in [0.05, 0.1) is 34.1 Å². The Morgan fingerprint density at radius 1 is 0.410 bits per heavy atom. The molecular formula is C77H70N6. The first-order valence-electron chi connectivity index (χ1n) is 29.1. The number of hydrogen-bond donors (Lipinski definition) is 0. The number of rotatable bonds is 11. The van der Waals surface area contributed by atoms with E-state index in [-0.39, 0.29) is 10.8 Å². The van der Waals surface area contributed by atoms with Crippen LogP contribution in [0.25, 0.3) is 22.5 Å². The topological polar surface area (TPSA) is 55.9 Å². The van der Waals surface area contributed by atoms with E-state index in [1.165, 1.54) is 33.4 Å². The molecule has 83 heavy (non-hydrogen) atoms. The lowest BCUT2D eigenvalue weighted by Gasteiger charge is -2.45. The zero-order valence-corrected chi connectivity index (χ0v) is 48.6.